The van der Waals surface area contributed by atoms with E-state index in [1.54, 1.807) is 0 Å². The molecule has 15 heavy (non-hydrogen) atoms. The van der Waals surface area contributed by atoms with Crippen LogP contribution in [0.1, 0.15) is 32.6 Å². The number of aliphatic hydroxyl groups excluding tert-OH is 1. The van der Waals surface area contributed by atoms with Crippen LogP contribution >= 0.6 is 0 Å². The van der Waals surface area contributed by atoms with Crippen LogP contribution in [0.4, 0.5) is 0 Å². The summed E-state index contributed by atoms with van der Waals surface area (Å²) in [5, 5.41) is 12.4. The first-order valence-corrected chi connectivity index (χ1v) is 5.90. The molecule has 1 fully saturated rings. The average molecular weight is 214 g/mol. The van der Waals surface area contributed by atoms with Gasteiger partial charge in [0.2, 0.25) is 5.91 Å². The molecule has 2 N–H and O–H groups in total. The Labute approximate surface area is 91.6 Å². The van der Waals surface area contributed by atoms with Gasteiger partial charge in [0, 0.05) is 19.6 Å². The number of rotatable bonds is 6. The number of likely N-dealkylation sites (tertiary alicyclic amines) is 1. The highest BCUT2D eigenvalue weighted by Crippen LogP contribution is 2.06. The predicted octanol–water partition coefficient (Wildman–Crippen LogP) is 0.359. The molecule has 1 unspecified atom stereocenters. The third-order valence-corrected chi connectivity index (χ3v) is 2.74. The third kappa shape index (κ3) is 4.62. The highest BCUT2D eigenvalue weighted by Gasteiger charge is 2.17. The molecule has 1 atom stereocenters. The number of nitrogens with zero attached hydrogens (tertiary/aromatic N) is 1. The minimum atomic E-state index is -0.318. The van der Waals surface area contributed by atoms with Crippen LogP contribution in [-0.4, -0.2) is 48.2 Å². The summed E-state index contributed by atoms with van der Waals surface area (Å²) in [6, 6.07) is 0. The lowest BCUT2D eigenvalue weighted by molar-refractivity contribution is -0.129. The predicted molar refractivity (Wildman–Crippen MR) is 59.6 cm³/mol. The molecule has 0 saturated carbocycles. The third-order valence-electron chi connectivity index (χ3n) is 2.74. The maximum atomic E-state index is 11.6. The second kappa shape index (κ2) is 6.80. The zero-order valence-electron chi connectivity index (χ0n) is 9.54. The Morgan fingerprint density at radius 2 is 2.13 bits per heavy atom. The Kier molecular flexibility index (Phi) is 5.65. The molecule has 0 aromatic rings. The minimum Gasteiger partial charge on any atom is -0.392 e. The summed E-state index contributed by atoms with van der Waals surface area (Å²) in [6.07, 6.45) is 3.71. The lowest BCUT2D eigenvalue weighted by Crippen LogP contribution is -2.38. The van der Waals surface area contributed by atoms with Gasteiger partial charge < -0.3 is 15.3 Å². The summed E-state index contributed by atoms with van der Waals surface area (Å²) in [5.74, 6) is 0.163. The van der Waals surface area contributed by atoms with Gasteiger partial charge in [-0.15, -0.1) is 0 Å². The number of nitrogens with one attached hydrogen (secondary N) is 1. The zero-order chi connectivity index (χ0) is 11.1. The standard InChI is InChI=1S/C11H22N2O2/c1-2-5-10(14)8-12-9-11(15)13-6-3-4-7-13/h10,12,14H,2-9H2,1H3. The van der Waals surface area contributed by atoms with Gasteiger partial charge in [0.05, 0.1) is 12.6 Å². The molecule has 1 amide bonds. The van der Waals surface area contributed by atoms with Crippen LogP contribution < -0.4 is 5.32 Å². The Morgan fingerprint density at radius 1 is 1.47 bits per heavy atom. The van der Waals surface area contributed by atoms with Crippen molar-refractivity contribution in [1.82, 2.24) is 10.2 Å². The molecule has 1 rings (SSSR count). The molecule has 0 spiro atoms. The van der Waals surface area contributed by atoms with Gasteiger partial charge in [-0.05, 0) is 19.3 Å². The highest BCUT2D eigenvalue weighted by molar-refractivity contribution is 5.78. The van der Waals surface area contributed by atoms with E-state index in [0.717, 1.165) is 38.8 Å². The van der Waals surface area contributed by atoms with Crippen molar-refractivity contribution < 1.29 is 9.90 Å². The highest BCUT2D eigenvalue weighted by atomic mass is 16.3. The molecule has 1 saturated heterocycles. The molecule has 0 aromatic carbocycles. The van der Waals surface area contributed by atoms with E-state index in [4.69, 9.17) is 0 Å². The molecular formula is C11H22N2O2. The first-order chi connectivity index (χ1) is 7.24. The number of aliphatic hydroxyl groups is 1. The van der Waals surface area contributed by atoms with Crippen LogP contribution in [-0.2, 0) is 4.79 Å². The molecule has 0 aromatic heterocycles. The van der Waals surface area contributed by atoms with Crippen LogP contribution in [0.3, 0.4) is 0 Å². The van der Waals surface area contributed by atoms with Gasteiger partial charge in [0.25, 0.3) is 0 Å². The van der Waals surface area contributed by atoms with Crippen LogP contribution in [0, 0.1) is 0 Å². The van der Waals surface area contributed by atoms with Crippen molar-refractivity contribution in [3.8, 4) is 0 Å². The number of hydrogen-bond donors (Lipinski definition) is 2. The van der Waals surface area contributed by atoms with Gasteiger partial charge in [-0.3, -0.25) is 4.79 Å². The normalized spacial score (nSPS) is 18.1. The molecular weight excluding hydrogens is 192 g/mol. The van der Waals surface area contributed by atoms with E-state index in [-0.39, 0.29) is 12.0 Å². The lowest BCUT2D eigenvalue weighted by atomic mass is 10.2. The van der Waals surface area contributed by atoms with Crippen LogP contribution in [0.25, 0.3) is 0 Å². The Balaban J connectivity index is 2.06. The van der Waals surface area contributed by atoms with E-state index in [1.165, 1.54) is 0 Å². The fourth-order valence-corrected chi connectivity index (χ4v) is 1.86. The van der Waals surface area contributed by atoms with E-state index in [0.29, 0.717) is 13.1 Å². The van der Waals surface area contributed by atoms with E-state index in [2.05, 4.69) is 5.32 Å². The van der Waals surface area contributed by atoms with E-state index in [1.807, 2.05) is 11.8 Å². The van der Waals surface area contributed by atoms with Crippen molar-refractivity contribution >= 4 is 5.91 Å². The van der Waals surface area contributed by atoms with Crippen LogP contribution in [0.5, 0.6) is 0 Å². The summed E-state index contributed by atoms with van der Waals surface area (Å²) in [7, 11) is 0. The first kappa shape index (κ1) is 12.5. The number of amides is 1. The SMILES string of the molecule is CCCC(O)CNCC(=O)N1CCCC1. The van der Waals surface area contributed by atoms with Crippen molar-refractivity contribution in [2.45, 2.75) is 38.7 Å². The summed E-state index contributed by atoms with van der Waals surface area (Å²) in [5.41, 5.74) is 0. The quantitative estimate of drug-likeness (QED) is 0.671. The molecule has 1 heterocycles. The molecule has 4 heteroatoms. The van der Waals surface area contributed by atoms with E-state index < -0.39 is 0 Å². The number of carbonyl (C=O) groups excluding carboxylic acids is 1. The second-order valence-corrected chi connectivity index (χ2v) is 4.16. The Bertz CT molecular complexity index is 191. The van der Waals surface area contributed by atoms with Gasteiger partial charge in [-0.2, -0.15) is 0 Å². The molecule has 0 aliphatic carbocycles. The van der Waals surface area contributed by atoms with Crippen molar-refractivity contribution in [1.29, 1.82) is 0 Å². The van der Waals surface area contributed by atoms with Gasteiger partial charge in [0.15, 0.2) is 0 Å². The van der Waals surface area contributed by atoms with Crippen molar-refractivity contribution in [2.75, 3.05) is 26.2 Å². The summed E-state index contributed by atoms with van der Waals surface area (Å²) >= 11 is 0. The topological polar surface area (TPSA) is 52.6 Å². The average Bonchev–Trinajstić information content (AvgIpc) is 2.70. The Hall–Kier alpha value is -0.610. The van der Waals surface area contributed by atoms with Gasteiger partial charge in [0.1, 0.15) is 0 Å². The number of hydrogen-bond acceptors (Lipinski definition) is 3. The van der Waals surface area contributed by atoms with Crippen molar-refractivity contribution in [3.05, 3.63) is 0 Å². The van der Waals surface area contributed by atoms with E-state index >= 15 is 0 Å². The summed E-state index contributed by atoms with van der Waals surface area (Å²) < 4.78 is 0. The molecule has 88 valence electrons. The molecule has 4 nitrogen and oxygen atoms in total. The maximum absolute atomic E-state index is 11.6. The molecule has 0 radical (unpaired) electrons. The van der Waals surface area contributed by atoms with Gasteiger partial charge in [-0.1, -0.05) is 13.3 Å². The monoisotopic (exact) mass is 214 g/mol. The van der Waals surface area contributed by atoms with Crippen molar-refractivity contribution in [3.63, 3.8) is 0 Å². The lowest BCUT2D eigenvalue weighted by Gasteiger charge is -2.16. The molecule has 0 bridgehead atoms. The fraction of sp³-hybridized carbons (Fsp3) is 0.909. The maximum Gasteiger partial charge on any atom is 0.236 e. The van der Waals surface area contributed by atoms with Crippen molar-refractivity contribution in [2.24, 2.45) is 0 Å². The first-order valence-electron chi connectivity index (χ1n) is 5.90. The Morgan fingerprint density at radius 3 is 2.73 bits per heavy atom. The van der Waals surface area contributed by atoms with E-state index in [9.17, 15) is 9.90 Å². The van der Waals surface area contributed by atoms with Gasteiger partial charge in [-0.25, -0.2) is 0 Å². The van der Waals surface area contributed by atoms with Crippen LogP contribution in [0.2, 0.25) is 0 Å². The minimum absolute atomic E-state index is 0.163. The number of carbonyl (C=O) groups is 1. The van der Waals surface area contributed by atoms with Crippen LogP contribution in [0.15, 0.2) is 0 Å². The second-order valence-electron chi connectivity index (χ2n) is 4.16. The molecule has 1 aliphatic heterocycles. The van der Waals surface area contributed by atoms with Gasteiger partial charge >= 0.3 is 0 Å². The smallest absolute Gasteiger partial charge is 0.236 e. The zero-order valence-corrected chi connectivity index (χ0v) is 9.54. The summed E-state index contributed by atoms with van der Waals surface area (Å²) in [6.45, 7) is 4.73. The largest absolute Gasteiger partial charge is 0.392 e. The summed E-state index contributed by atoms with van der Waals surface area (Å²) in [4.78, 5) is 13.5. The fourth-order valence-electron chi connectivity index (χ4n) is 1.86. The molecule has 1 aliphatic rings.